The fourth-order valence-corrected chi connectivity index (χ4v) is 6.78. The number of Topliss-reactive ketones (excluding diaryl/α,β-unsaturated/α-hetero) is 2. The Labute approximate surface area is 132 Å². The Hall–Kier alpha value is -0.700. The predicted octanol–water partition coefficient (Wildman–Crippen LogP) is 3.28. The molecule has 6 atom stereocenters. The molecule has 0 aromatic heterocycles. The normalized spacial score (nSPS) is 54.6. The van der Waals surface area contributed by atoms with Crippen LogP contribution in [0.1, 0.15) is 71.6 Å². The number of carbonyl (C=O) groups is 2. The number of fused-ring (bicyclic) bond motifs is 5. The Balaban J connectivity index is 1.71. The first kappa shape index (κ1) is 14.9. The van der Waals surface area contributed by atoms with E-state index in [0.717, 1.165) is 38.5 Å². The molecule has 0 aromatic rings. The van der Waals surface area contributed by atoms with Crippen LogP contribution < -0.4 is 0 Å². The van der Waals surface area contributed by atoms with Crippen LogP contribution in [0.3, 0.4) is 0 Å². The minimum atomic E-state index is -0.789. The van der Waals surface area contributed by atoms with Gasteiger partial charge in [-0.3, -0.25) is 9.59 Å². The van der Waals surface area contributed by atoms with Crippen LogP contribution in [-0.2, 0) is 9.59 Å². The van der Waals surface area contributed by atoms with E-state index in [1.807, 2.05) is 6.92 Å². The first-order chi connectivity index (χ1) is 10.3. The molecule has 0 aliphatic heterocycles. The SMILES string of the molecule is C[C@]12CCC(=O)C[C@@H]1CC[C@@H]1[C@@H]2CC[C@]2(C)C(=O)CC[C@@]12O. The van der Waals surface area contributed by atoms with Gasteiger partial charge in [0.05, 0.1) is 11.0 Å². The lowest BCUT2D eigenvalue weighted by Gasteiger charge is -2.61. The maximum absolute atomic E-state index is 12.4. The molecule has 0 bridgehead atoms. The van der Waals surface area contributed by atoms with E-state index in [1.54, 1.807) is 0 Å². The van der Waals surface area contributed by atoms with Gasteiger partial charge in [-0.15, -0.1) is 0 Å². The van der Waals surface area contributed by atoms with Gasteiger partial charge in [-0.2, -0.15) is 0 Å². The van der Waals surface area contributed by atoms with E-state index in [-0.39, 0.29) is 17.1 Å². The van der Waals surface area contributed by atoms with Crippen molar-refractivity contribution in [3.05, 3.63) is 0 Å². The molecule has 0 aromatic carbocycles. The van der Waals surface area contributed by atoms with Crippen molar-refractivity contribution in [1.82, 2.24) is 0 Å². The summed E-state index contributed by atoms with van der Waals surface area (Å²) in [5.74, 6) is 1.95. The summed E-state index contributed by atoms with van der Waals surface area (Å²) in [5, 5.41) is 11.5. The number of hydrogen-bond acceptors (Lipinski definition) is 3. The lowest BCUT2D eigenvalue weighted by Crippen LogP contribution is -2.62. The Kier molecular flexibility index (Phi) is 3.00. The minimum absolute atomic E-state index is 0.194. The molecule has 4 aliphatic rings. The summed E-state index contributed by atoms with van der Waals surface area (Å²) in [7, 11) is 0. The largest absolute Gasteiger partial charge is 0.389 e. The Bertz CT molecular complexity index is 541. The summed E-state index contributed by atoms with van der Waals surface area (Å²) in [4.78, 5) is 24.3. The molecule has 1 N–H and O–H groups in total. The molecule has 0 saturated heterocycles. The third-order valence-electron chi connectivity index (χ3n) is 8.38. The summed E-state index contributed by atoms with van der Waals surface area (Å²) < 4.78 is 0. The van der Waals surface area contributed by atoms with Gasteiger partial charge in [0.15, 0.2) is 0 Å². The summed E-state index contributed by atoms with van der Waals surface area (Å²) in [5.41, 5.74) is -1.11. The highest BCUT2D eigenvalue weighted by molar-refractivity contribution is 5.88. The van der Waals surface area contributed by atoms with Crippen LogP contribution in [0.25, 0.3) is 0 Å². The van der Waals surface area contributed by atoms with Crippen LogP contribution in [0.15, 0.2) is 0 Å². The first-order valence-electron chi connectivity index (χ1n) is 9.09. The molecule has 0 heterocycles. The van der Waals surface area contributed by atoms with Crippen LogP contribution in [0.5, 0.6) is 0 Å². The summed E-state index contributed by atoms with van der Waals surface area (Å²) in [6, 6.07) is 0. The molecule has 4 aliphatic carbocycles. The zero-order chi connectivity index (χ0) is 15.8. The molecule has 0 amide bonds. The zero-order valence-electron chi connectivity index (χ0n) is 13.9. The van der Waals surface area contributed by atoms with Gasteiger partial charge in [0.2, 0.25) is 0 Å². The van der Waals surface area contributed by atoms with Gasteiger partial charge >= 0.3 is 0 Å². The predicted molar refractivity (Wildman–Crippen MR) is 83.2 cm³/mol. The molecular formula is C19H28O3. The number of ketones is 2. The van der Waals surface area contributed by atoms with E-state index in [4.69, 9.17) is 0 Å². The van der Waals surface area contributed by atoms with Crippen molar-refractivity contribution in [2.24, 2.45) is 28.6 Å². The number of rotatable bonds is 0. The fourth-order valence-electron chi connectivity index (χ4n) is 6.78. The van der Waals surface area contributed by atoms with E-state index in [2.05, 4.69) is 6.92 Å². The third kappa shape index (κ3) is 1.61. The van der Waals surface area contributed by atoms with Crippen LogP contribution in [0, 0.1) is 28.6 Å². The highest BCUT2D eigenvalue weighted by Crippen LogP contribution is 2.66. The highest BCUT2D eigenvalue weighted by atomic mass is 16.3. The van der Waals surface area contributed by atoms with Crippen molar-refractivity contribution in [3.8, 4) is 0 Å². The van der Waals surface area contributed by atoms with Gasteiger partial charge in [0.1, 0.15) is 11.6 Å². The second-order valence-corrected chi connectivity index (χ2v) is 8.95. The summed E-state index contributed by atoms with van der Waals surface area (Å²) >= 11 is 0. The molecule has 0 radical (unpaired) electrons. The van der Waals surface area contributed by atoms with E-state index >= 15 is 0 Å². The van der Waals surface area contributed by atoms with Gasteiger partial charge in [-0.1, -0.05) is 6.92 Å². The van der Waals surface area contributed by atoms with Crippen LogP contribution in [0.4, 0.5) is 0 Å². The van der Waals surface area contributed by atoms with E-state index in [1.165, 1.54) is 0 Å². The van der Waals surface area contributed by atoms with Crippen molar-refractivity contribution in [1.29, 1.82) is 0 Å². The Morgan fingerprint density at radius 3 is 2.50 bits per heavy atom. The molecule has 0 unspecified atom stereocenters. The van der Waals surface area contributed by atoms with Crippen LogP contribution >= 0.6 is 0 Å². The van der Waals surface area contributed by atoms with E-state index < -0.39 is 11.0 Å². The lowest BCUT2D eigenvalue weighted by atomic mass is 9.44. The quantitative estimate of drug-likeness (QED) is 0.747. The maximum Gasteiger partial charge on any atom is 0.141 e. The summed E-state index contributed by atoms with van der Waals surface area (Å²) in [6.45, 7) is 4.38. The smallest absolute Gasteiger partial charge is 0.141 e. The number of carbonyl (C=O) groups excluding carboxylic acids is 2. The molecule has 3 heteroatoms. The highest BCUT2D eigenvalue weighted by Gasteiger charge is 2.67. The number of aliphatic hydroxyl groups is 1. The van der Waals surface area contributed by atoms with Crippen molar-refractivity contribution in [2.75, 3.05) is 0 Å². The van der Waals surface area contributed by atoms with Gasteiger partial charge in [-0.05, 0) is 68.6 Å². The average Bonchev–Trinajstić information content (AvgIpc) is 2.72. The van der Waals surface area contributed by atoms with Crippen molar-refractivity contribution >= 4 is 11.6 Å². The van der Waals surface area contributed by atoms with Crippen molar-refractivity contribution in [3.63, 3.8) is 0 Å². The van der Waals surface area contributed by atoms with E-state index in [0.29, 0.717) is 36.9 Å². The zero-order valence-corrected chi connectivity index (χ0v) is 13.9. The average molecular weight is 304 g/mol. The number of hydrogen-bond donors (Lipinski definition) is 1. The van der Waals surface area contributed by atoms with Gasteiger partial charge in [0.25, 0.3) is 0 Å². The molecule has 3 nitrogen and oxygen atoms in total. The third-order valence-corrected chi connectivity index (χ3v) is 8.38. The molecular weight excluding hydrogens is 276 g/mol. The van der Waals surface area contributed by atoms with Crippen molar-refractivity contribution in [2.45, 2.75) is 77.2 Å². The Morgan fingerprint density at radius 2 is 1.73 bits per heavy atom. The summed E-state index contributed by atoms with van der Waals surface area (Å²) in [6.07, 6.45) is 7.58. The second kappa shape index (κ2) is 4.43. The molecule has 4 fully saturated rings. The van der Waals surface area contributed by atoms with Crippen LogP contribution in [-0.4, -0.2) is 22.3 Å². The van der Waals surface area contributed by atoms with Gasteiger partial charge in [0, 0.05) is 19.3 Å². The second-order valence-electron chi connectivity index (χ2n) is 8.95. The Morgan fingerprint density at radius 1 is 0.955 bits per heavy atom. The molecule has 122 valence electrons. The standard InChI is InChI=1S/C19H28O3/c1-17-8-5-13(20)11-12(17)3-4-15-14(17)6-9-18(2)16(21)7-10-19(15,18)22/h12,14-15,22H,3-11H2,1-2H3/t12-,14-,15+,17-,18+,19+/m0/s1. The molecule has 4 saturated carbocycles. The fraction of sp³-hybridized carbons (Fsp3) is 0.895. The first-order valence-corrected chi connectivity index (χ1v) is 9.09. The molecule has 0 spiro atoms. The minimum Gasteiger partial charge on any atom is -0.389 e. The van der Waals surface area contributed by atoms with Gasteiger partial charge in [-0.25, -0.2) is 0 Å². The maximum atomic E-state index is 12.4. The van der Waals surface area contributed by atoms with Crippen LogP contribution in [0.2, 0.25) is 0 Å². The molecule has 4 rings (SSSR count). The topological polar surface area (TPSA) is 54.4 Å². The van der Waals surface area contributed by atoms with Gasteiger partial charge < -0.3 is 5.11 Å². The lowest BCUT2D eigenvalue weighted by molar-refractivity contribution is -0.197. The molecule has 22 heavy (non-hydrogen) atoms. The van der Waals surface area contributed by atoms with E-state index in [9.17, 15) is 14.7 Å². The monoisotopic (exact) mass is 304 g/mol. The van der Waals surface area contributed by atoms with Crippen molar-refractivity contribution < 1.29 is 14.7 Å².